The summed E-state index contributed by atoms with van der Waals surface area (Å²) in [6.45, 7) is 0.481. The maximum atomic E-state index is 12.4. The number of sulfonamides is 1. The minimum absolute atomic E-state index is 0.0971. The Morgan fingerprint density at radius 2 is 2.10 bits per heavy atom. The summed E-state index contributed by atoms with van der Waals surface area (Å²) in [5.41, 5.74) is 6.31. The summed E-state index contributed by atoms with van der Waals surface area (Å²) in [6.07, 6.45) is 4.16. The molecule has 1 saturated carbocycles. The topological polar surface area (TPSA) is 85.1 Å². The van der Waals surface area contributed by atoms with E-state index in [0.29, 0.717) is 17.9 Å². The zero-order valence-corrected chi connectivity index (χ0v) is 13.3. The Morgan fingerprint density at radius 3 is 2.76 bits per heavy atom. The van der Waals surface area contributed by atoms with E-state index in [1.54, 1.807) is 42.1 Å². The molecule has 0 radical (unpaired) electrons. The van der Waals surface area contributed by atoms with Crippen molar-refractivity contribution in [2.45, 2.75) is 22.5 Å². The van der Waals surface area contributed by atoms with E-state index in [0.717, 1.165) is 18.2 Å². The molecule has 7 heteroatoms. The van der Waals surface area contributed by atoms with E-state index in [1.165, 1.54) is 0 Å². The number of hydrogen-bond donors (Lipinski definition) is 2. The van der Waals surface area contributed by atoms with Crippen LogP contribution < -0.4 is 10.5 Å². The van der Waals surface area contributed by atoms with E-state index < -0.39 is 10.0 Å². The molecule has 1 aromatic carbocycles. The molecular formula is C14H17N3O2S2. The SMILES string of the molecule is CSC1(CNS(=O)(=O)c2ccc3nc(N)ccc3c2)CC1. The van der Waals surface area contributed by atoms with Gasteiger partial charge in [0.05, 0.1) is 10.4 Å². The van der Waals surface area contributed by atoms with Gasteiger partial charge in [-0.1, -0.05) is 0 Å². The number of pyridine rings is 1. The summed E-state index contributed by atoms with van der Waals surface area (Å²) < 4.78 is 27.5. The number of thioether (sulfide) groups is 1. The Bertz CT molecular complexity index is 786. The molecule has 112 valence electrons. The molecule has 0 saturated heterocycles. The molecule has 2 aromatic rings. The van der Waals surface area contributed by atoms with Gasteiger partial charge in [0.25, 0.3) is 0 Å². The van der Waals surface area contributed by atoms with Crippen molar-refractivity contribution in [2.75, 3.05) is 18.5 Å². The number of aromatic nitrogens is 1. The summed E-state index contributed by atoms with van der Waals surface area (Å²) >= 11 is 1.73. The number of nitrogens with two attached hydrogens (primary N) is 1. The fraction of sp³-hybridized carbons (Fsp3) is 0.357. The molecule has 3 N–H and O–H groups in total. The second-order valence-electron chi connectivity index (χ2n) is 5.30. The monoisotopic (exact) mass is 323 g/mol. The van der Waals surface area contributed by atoms with Gasteiger partial charge in [0.1, 0.15) is 5.82 Å². The number of nitrogen functional groups attached to an aromatic ring is 1. The highest BCUT2D eigenvalue weighted by molar-refractivity contribution is 8.00. The van der Waals surface area contributed by atoms with Crippen molar-refractivity contribution < 1.29 is 8.42 Å². The molecule has 1 heterocycles. The number of hydrogen-bond acceptors (Lipinski definition) is 5. The van der Waals surface area contributed by atoms with Crippen LogP contribution in [-0.2, 0) is 10.0 Å². The van der Waals surface area contributed by atoms with Gasteiger partial charge in [-0.15, -0.1) is 0 Å². The van der Waals surface area contributed by atoms with Gasteiger partial charge in [-0.3, -0.25) is 0 Å². The standard InChI is InChI=1S/C14H17N3O2S2/c1-20-14(6-7-14)9-16-21(18,19)11-3-4-12-10(8-11)2-5-13(15)17-12/h2-5,8,16H,6-7,9H2,1H3,(H2,15,17). The van der Waals surface area contributed by atoms with E-state index in [4.69, 9.17) is 5.73 Å². The Morgan fingerprint density at radius 1 is 1.33 bits per heavy atom. The summed E-state index contributed by atoms with van der Waals surface area (Å²) in [6, 6.07) is 8.32. The number of benzene rings is 1. The fourth-order valence-corrected chi connectivity index (χ4v) is 4.17. The predicted octanol–water partition coefficient (Wildman–Crippen LogP) is 1.99. The number of nitrogens with zero attached hydrogens (tertiary/aromatic N) is 1. The van der Waals surface area contributed by atoms with Gasteiger partial charge in [0.15, 0.2) is 0 Å². The Labute approximate surface area is 128 Å². The zero-order chi connectivity index (χ0) is 15.1. The summed E-state index contributed by atoms with van der Waals surface area (Å²) in [7, 11) is -3.49. The Balaban J connectivity index is 1.86. The maximum Gasteiger partial charge on any atom is 0.240 e. The number of rotatable bonds is 5. The first kappa shape index (κ1) is 14.6. The lowest BCUT2D eigenvalue weighted by Gasteiger charge is -2.13. The fourth-order valence-electron chi connectivity index (χ4n) is 2.19. The molecule has 1 fully saturated rings. The number of nitrogens with one attached hydrogen (secondary N) is 1. The van der Waals surface area contributed by atoms with Gasteiger partial charge < -0.3 is 5.73 Å². The molecule has 0 atom stereocenters. The van der Waals surface area contributed by atoms with Gasteiger partial charge in [-0.05, 0) is 49.4 Å². The third-order valence-electron chi connectivity index (χ3n) is 3.82. The van der Waals surface area contributed by atoms with Crippen LogP contribution >= 0.6 is 11.8 Å². The van der Waals surface area contributed by atoms with Crippen LogP contribution in [0.5, 0.6) is 0 Å². The maximum absolute atomic E-state index is 12.4. The first-order valence-electron chi connectivity index (χ1n) is 6.65. The second kappa shape index (κ2) is 5.15. The molecule has 1 aliphatic carbocycles. The van der Waals surface area contributed by atoms with Gasteiger partial charge in [-0.25, -0.2) is 18.1 Å². The minimum atomic E-state index is -3.49. The van der Waals surface area contributed by atoms with Crippen molar-refractivity contribution in [3.8, 4) is 0 Å². The van der Waals surface area contributed by atoms with Crippen LogP contribution in [0, 0.1) is 0 Å². The van der Waals surface area contributed by atoms with E-state index in [2.05, 4.69) is 9.71 Å². The van der Waals surface area contributed by atoms with E-state index in [1.807, 2.05) is 6.26 Å². The molecule has 1 aromatic heterocycles. The minimum Gasteiger partial charge on any atom is -0.384 e. The number of anilines is 1. The van der Waals surface area contributed by atoms with E-state index in [-0.39, 0.29) is 9.64 Å². The van der Waals surface area contributed by atoms with Crippen LogP contribution in [-0.4, -0.2) is 30.9 Å². The summed E-state index contributed by atoms with van der Waals surface area (Å²) in [5.74, 6) is 0.423. The summed E-state index contributed by atoms with van der Waals surface area (Å²) in [5, 5.41) is 0.762. The van der Waals surface area contributed by atoms with Crippen LogP contribution in [0.4, 0.5) is 5.82 Å². The molecule has 0 spiro atoms. The largest absolute Gasteiger partial charge is 0.384 e. The number of fused-ring (bicyclic) bond motifs is 1. The highest BCUT2D eigenvalue weighted by atomic mass is 32.2. The van der Waals surface area contributed by atoms with Crippen LogP contribution in [0.1, 0.15) is 12.8 Å². The van der Waals surface area contributed by atoms with Crippen molar-refractivity contribution >= 4 is 38.5 Å². The molecule has 21 heavy (non-hydrogen) atoms. The van der Waals surface area contributed by atoms with Crippen LogP contribution in [0.15, 0.2) is 35.2 Å². The molecule has 1 aliphatic rings. The first-order chi connectivity index (χ1) is 9.94. The average molecular weight is 323 g/mol. The van der Waals surface area contributed by atoms with Crippen LogP contribution in [0.2, 0.25) is 0 Å². The lowest BCUT2D eigenvalue weighted by molar-refractivity contribution is 0.580. The second-order valence-corrected chi connectivity index (χ2v) is 8.34. The molecule has 0 unspecified atom stereocenters. The Hall–Kier alpha value is -1.31. The normalized spacial score (nSPS) is 17.0. The van der Waals surface area contributed by atoms with Gasteiger partial charge in [0.2, 0.25) is 10.0 Å². The highest BCUT2D eigenvalue weighted by Crippen LogP contribution is 2.46. The van der Waals surface area contributed by atoms with Crippen molar-refractivity contribution in [2.24, 2.45) is 0 Å². The van der Waals surface area contributed by atoms with Gasteiger partial charge in [-0.2, -0.15) is 11.8 Å². The molecular weight excluding hydrogens is 306 g/mol. The van der Waals surface area contributed by atoms with Crippen molar-refractivity contribution in [1.29, 1.82) is 0 Å². The molecule has 0 bridgehead atoms. The van der Waals surface area contributed by atoms with E-state index >= 15 is 0 Å². The summed E-state index contributed by atoms with van der Waals surface area (Å²) in [4.78, 5) is 4.43. The van der Waals surface area contributed by atoms with Crippen molar-refractivity contribution in [3.05, 3.63) is 30.3 Å². The van der Waals surface area contributed by atoms with Crippen molar-refractivity contribution in [3.63, 3.8) is 0 Å². The average Bonchev–Trinajstić information content (AvgIpc) is 3.25. The van der Waals surface area contributed by atoms with Crippen LogP contribution in [0.25, 0.3) is 10.9 Å². The zero-order valence-electron chi connectivity index (χ0n) is 11.7. The van der Waals surface area contributed by atoms with Crippen LogP contribution in [0.3, 0.4) is 0 Å². The van der Waals surface area contributed by atoms with Gasteiger partial charge in [0, 0.05) is 16.7 Å². The highest BCUT2D eigenvalue weighted by Gasteiger charge is 2.42. The van der Waals surface area contributed by atoms with E-state index in [9.17, 15) is 8.42 Å². The van der Waals surface area contributed by atoms with Gasteiger partial charge >= 0.3 is 0 Å². The smallest absolute Gasteiger partial charge is 0.240 e. The molecule has 0 amide bonds. The molecule has 0 aliphatic heterocycles. The predicted molar refractivity (Wildman–Crippen MR) is 86.8 cm³/mol. The lowest BCUT2D eigenvalue weighted by atomic mass is 10.2. The Kier molecular flexibility index (Phi) is 3.59. The lowest BCUT2D eigenvalue weighted by Crippen LogP contribution is -2.31. The first-order valence-corrected chi connectivity index (χ1v) is 9.36. The molecule has 5 nitrogen and oxygen atoms in total. The van der Waals surface area contributed by atoms with Crippen molar-refractivity contribution in [1.82, 2.24) is 9.71 Å². The third-order valence-corrected chi connectivity index (χ3v) is 6.64. The quantitative estimate of drug-likeness (QED) is 0.879. The molecule has 3 rings (SSSR count). The third kappa shape index (κ3) is 3.00.